The second-order valence-electron chi connectivity index (χ2n) is 2.84. The molecule has 16 heavy (non-hydrogen) atoms. The molecule has 1 heterocycles. The predicted molar refractivity (Wildman–Crippen MR) is 59.4 cm³/mol. The minimum Gasteiger partial charge on any atom is -0.327 e. The van der Waals surface area contributed by atoms with Crippen molar-refractivity contribution in [1.29, 1.82) is 0 Å². The van der Waals surface area contributed by atoms with Crippen molar-refractivity contribution in [2.45, 2.75) is 0 Å². The standard InChI is InChI=1S/C9H4BrF3N2S/c10-7-3-16-9(14-7)15-8-5(12)1-4(11)2-6(8)13/h1-3H,(H,14,15). The van der Waals surface area contributed by atoms with E-state index >= 15 is 0 Å². The zero-order valence-electron chi connectivity index (χ0n) is 7.60. The molecule has 2 rings (SSSR count). The minimum atomic E-state index is -0.996. The van der Waals surface area contributed by atoms with Crippen molar-refractivity contribution in [1.82, 2.24) is 4.98 Å². The Bertz CT molecular complexity index is 506. The lowest BCUT2D eigenvalue weighted by molar-refractivity contribution is 0.549. The summed E-state index contributed by atoms with van der Waals surface area (Å²) in [6.07, 6.45) is 0. The average Bonchev–Trinajstić information content (AvgIpc) is 2.58. The van der Waals surface area contributed by atoms with Crippen LogP contribution >= 0.6 is 27.3 Å². The number of aromatic nitrogens is 1. The van der Waals surface area contributed by atoms with Gasteiger partial charge in [-0.25, -0.2) is 18.2 Å². The first-order chi connectivity index (χ1) is 7.56. The number of benzene rings is 1. The SMILES string of the molecule is Fc1cc(F)c(Nc2nc(Br)cs2)c(F)c1. The maximum atomic E-state index is 13.2. The van der Waals surface area contributed by atoms with Crippen LogP contribution in [0.5, 0.6) is 0 Å². The van der Waals surface area contributed by atoms with E-state index in [4.69, 9.17) is 0 Å². The van der Waals surface area contributed by atoms with Gasteiger partial charge in [0, 0.05) is 17.5 Å². The summed E-state index contributed by atoms with van der Waals surface area (Å²) in [6, 6.07) is 1.21. The lowest BCUT2D eigenvalue weighted by atomic mass is 10.3. The molecular formula is C9H4BrF3N2S. The van der Waals surface area contributed by atoms with Crippen LogP contribution in [0.3, 0.4) is 0 Å². The molecule has 0 saturated carbocycles. The largest absolute Gasteiger partial charge is 0.327 e. The maximum Gasteiger partial charge on any atom is 0.188 e. The Morgan fingerprint density at radius 2 is 1.81 bits per heavy atom. The summed E-state index contributed by atoms with van der Waals surface area (Å²) in [5.74, 6) is -2.95. The topological polar surface area (TPSA) is 24.9 Å². The van der Waals surface area contributed by atoms with Crippen LogP contribution < -0.4 is 5.32 Å². The monoisotopic (exact) mass is 308 g/mol. The summed E-state index contributed by atoms with van der Waals surface area (Å²) in [5.41, 5.74) is -0.414. The van der Waals surface area contributed by atoms with Gasteiger partial charge < -0.3 is 5.32 Å². The van der Waals surface area contributed by atoms with E-state index in [0.717, 1.165) is 0 Å². The fraction of sp³-hybridized carbons (Fsp3) is 0. The number of hydrogen-bond acceptors (Lipinski definition) is 3. The maximum absolute atomic E-state index is 13.2. The molecule has 0 aliphatic rings. The molecule has 2 nitrogen and oxygen atoms in total. The van der Waals surface area contributed by atoms with Crippen LogP contribution in [0.1, 0.15) is 0 Å². The van der Waals surface area contributed by atoms with E-state index in [2.05, 4.69) is 26.2 Å². The third-order valence-electron chi connectivity index (χ3n) is 1.71. The van der Waals surface area contributed by atoms with Crippen molar-refractivity contribution < 1.29 is 13.2 Å². The minimum absolute atomic E-state index is 0.316. The van der Waals surface area contributed by atoms with Crippen molar-refractivity contribution in [3.63, 3.8) is 0 Å². The zero-order valence-corrected chi connectivity index (χ0v) is 10.0. The van der Waals surface area contributed by atoms with Crippen LogP contribution in [-0.4, -0.2) is 4.98 Å². The van der Waals surface area contributed by atoms with Crippen LogP contribution in [0, 0.1) is 17.5 Å². The molecule has 84 valence electrons. The van der Waals surface area contributed by atoms with Gasteiger partial charge in [-0.2, -0.15) is 0 Å². The third kappa shape index (κ3) is 2.35. The molecule has 0 aliphatic carbocycles. The average molecular weight is 309 g/mol. The highest BCUT2D eigenvalue weighted by Gasteiger charge is 2.12. The van der Waals surface area contributed by atoms with E-state index in [0.29, 0.717) is 21.9 Å². The quantitative estimate of drug-likeness (QED) is 0.904. The van der Waals surface area contributed by atoms with Gasteiger partial charge in [-0.05, 0) is 15.9 Å². The zero-order chi connectivity index (χ0) is 11.7. The Kier molecular flexibility index (Phi) is 3.15. The molecule has 0 aliphatic heterocycles. The summed E-state index contributed by atoms with van der Waals surface area (Å²) in [7, 11) is 0. The molecule has 0 unspecified atom stereocenters. The molecule has 0 radical (unpaired) electrons. The van der Waals surface area contributed by atoms with Crippen LogP contribution in [0.2, 0.25) is 0 Å². The van der Waals surface area contributed by atoms with Gasteiger partial charge in [-0.15, -0.1) is 11.3 Å². The van der Waals surface area contributed by atoms with Gasteiger partial charge in [0.1, 0.15) is 16.1 Å². The first-order valence-electron chi connectivity index (χ1n) is 4.09. The first kappa shape index (κ1) is 11.4. The van der Waals surface area contributed by atoms with Gasteiger partial charge >= 0.3 is 0 Å². The van der Waals surface area contributed by atoms with E-state index in [9.17, 15) is 13.2 Å². The van der Waals surface area contributed by atoms with Crippen molar-refractivity contribution >= 4 is 38.1 Å². The summed E-state index contributed by atoms with van der Waals surface area (Å²) in [5, 5.41) is 4.42. The van der Waals surface area contributed by atoms with Crippen LogP contribution in [0.15, 0.2) is 22.1 Å². The van der Waals surface area contributed by atoms with Crippen molar-refractivity contribution in [2.24, 2.45) is 0 Å². The molecule has 0 amide bonds. The number of halogens is 4. The molecule has 1 aromatic heterocycles. The first-order valence-corrected chi connectivity index (χ1v) is 5.76. The molecular weight excluding hydrogens is 305 g/mol. The van der Waals surface area contributed by atoms with Crippen molar-refractivity contribution in [2.75, 3.05) is 5.32 Å². The van der Waals surface area contributed by atoms with E-state index in [1.54, 1.807) is 5.38 Å². The Morgan fingerprint density at radius 1 is 1.19 bits per heavy atom. The second kappa shape index (κ2) is 4.42. The highest BCUT2D eigenvalue weighted by molar-refractivity contribution is 9.10. The number of nitrogens with zero attached hydrogens (tertiary/aromatic N) is 1. The highest BCUT2D eigenvalue weighted by Crippen LogP contribution is 2.27. The fourth-order valence-corrected chi connectivity index (χ4v) is 2.23. The molecule has 7 heteroatoms. The van der Waals surface area contributed by atoms with Crippen molar-refractivity contribution in [3.05, 3.63) is 39.6 Å². The summed E-state index contributed by atoms with van der Waals surface area (Å²) in [4.78, 5) is 3.91. The molecule has 0 spiro atoms. The Balaban J connectivity index is 2.34. The summed E-state index contributed by atoms with van der Waals surface area (Å²) >= 11 is 4.28. The van der Waals surface area contributed by atoms with E-state index < -0.39 is 23.1 Å². The predicted octanol–water partition coefficient (Wildman–Crippen LogP) is 4.07. The molecule has 2 aromatic rings. The highest BCUT2D eigenvalue weighted by atomic mass is 79.9. The van der Waals surface area contributed by atoms with E-state index in [1.165, 1.54) is 11.3 Å². The molecule has 0 bridgehead atoms. The third-order valence-corrected chi connectivity index (χ3v) is 3.18. The van der Waals surface area contributed by atoms with Gasteiger partial charge in [-0.3, -0.25) is 0 Å². The molecule has 1 N–H and O–H groups in total. The number of anilines is 2. The Labute approximate surface area is 101 Å². The molecule has 0 saturated heterocycles. The van der Waals surface area contributed by atoms with Gasteiger partial charge in [0.25, 0.3) is 0 Å². The van der Waals surface area contributed by atoms with Crippen molar-refractivity contribution in [3.8, 4) is 0 Å². The molecule has 0 atom stereocenters. The van der Waals surface area contributed by atoms with Crippen LogP contribution in [-0.2, 0) is 0 Å². The molecule has 1 aromatic carbocycles. The number of thiazole rings is 1. The van der Waals surface area contributed by atoms with Gasteiger partial charge in [-0.1, -0.05) is 0 Å². The lowest BCUT2D eigenvalue weighted by Gasteiger charge is -2.05. The van der Waals surface area contributed by atoms with E-state index in [1.807, 2.05) is 0 Å². The second-order valence-corrected chi connectivity index (χ2v) is 4.52. The fourth-order valence-electron chi connectivity index (χ4n) is 1.08. The van der Waals surface area contributed by atoms with Gasteiger partial charge in [0.15, 0.2) is 16.8 Å². The van der Waals surface area contributed by atoms with Gasteiger partial charge in [0.2, 0.25) is 0 Å². The smallest absolute Gasteiger partial charge is 0.188 e. The summed E-state index contributed by atoms with van der Waals surface area (Å²) in [6.45, 7) is 0. The Morgan fingerprint density at radius 3 is 2.31 bits per heavy atom. The van der Waals surface area contributed by atoms with E-state index in [-0.39, 0.29) is 0 Å². The van der Waals surface area contributed by atoms with Gasteiger partial charge in [0.05, 0.1) is 0 Å². The lowest BCUT2D eigenvalue weighted by Crippen LogP contribution is -1.98. The Hall–Kier alpha value is -1.08. The van der Waals surface area contributed by atoms with Crippen LogP contribution in [0.4, 0.5) is 24.0 Å². The number of rotatable bonds is 2. The van der Waals surface area contributed by atoms with Crippen LogP contribution in [0.25, 0.3) is 0 Å². The number of hydrogen-bond donors (Lipinski definition) is 1. The summed E-state index contributed by atoms with van der Waals surface area (Å²) < 4.78 is 39.6. The molecule has 0 fully saturated rings. The normalized spacial score (nSPS) is 10.5. The number of nitrogens with one attached hydrogen (secondary N) is 1.